The normalized spacial score (nSPS) is 9.20. The molecule has 1 aromatic carbocycles. The second-order valence-electron chi connectivity index (χ2n) is 1.92. The number of para-hydroxylation sites is 2. The third-order valence-corrected chi connectivity index (χ3v) is 1.33. The molecule has 10 heavy (non-hydrogen) atoms. The zero-order chi connectivity index (χ0) is 6.10. The third kappa shape index (κ3) is 1.34. The van der Waals surface area contributed by atoms with Gasteiger partial charge in [0.05, 0.1) is 17.4 Å². The molecule has 0 saturated heterocycles. The first-order chi connectivity index (χ1) is 4.47. The van der Waals surface area contributed by atoms with Crippen molar-refractivity contribution in [2.24, 2.45) is 0 Å². The van der Waals surface area contributed by atoms with E-state index in [2.05, 4.69) is 9.97 Å². The summed E-state index contributed by atoms with van der Waals surface area (Å²) in [6.07, 6.45) is 1.70. The van der Waals surface area contributed by atoms with Gasteiger partial charge >= 0.3 is 37.7 Å². The van der Waals surface area contributed by atoms with Crippen LogP contribution in [0.3, 0.4) is 0 Å². The summed E-state index contributed by atoms with van der Waals surface area (Å²) in [5.41, 5.74) is 2.12. The van der Waals surface area contributed by atoms with E-state index in [0.717, 1.165) is 11.0 Å². The maximum Gasteiger partial charge on any atom is 2.00 e. The van der Waals surface area contributed by atoms with E-state index in [-0.39, 0.29) is 40.6 Å². The van der Waals surface area contributed by atoms with Crippen molar-refractivity contribution in [1.29, 1.82) is 0 Å². The van der Waals surface area contributed by atoms with Crippen LogP contribution < -0.4 is 0 Å². The summed E-state index contributed by atoms with van der Waals surface area (Å²) in [6.45, 7) is 0. The molecule has 2 nitrogen and oxygen atoms in total. The summed E-state index contributed by atoms with van der Waals surface area (Å²) in [4.78, 5) is 7.07. The maximum atomic E-state index is 4.06. The Morgan fingerprint density at radius 2 is 2.10 bits per heavy atom. The van der Waals surface area contributed by atoms with E-state index in [1.165, 1.54) is 0 Å². The average molecular weight is 160 g/mol. The van der Waals surface area contributed by atoms with Crippen molar-refractivity contribution in [2.45, 2.75) is 0 Å². The molecule has 2 aromatic rings. The van der Waals surface area contributed by atoms with Crippen molar-refractivity contribution in [3.63, 3.8) is 0 Å². The molecule has 2 rings (SSSR count). The predicted molar refractivity (Wildman–Crippen MR) is 44.1 cm³/mol. The molecule has 0 unspecified atom stereocenters. The van der Waals surface area contributed by atoms with Crippen LogP contribution in [-0.4, -0.2) is 47.7 Å². The Morgan fingerprint density at radius 1 is 1.30 bits per heavy atom. The Labute approximate surface area is 91.6 Å². The average Bonchev–Trinajstić information content (AvgIpc) is 2.33. The quantitative estimate of drug-likeness (QED) is 0.580. The number of benzene rings is 1. The molecule has 1 heterocycles. The summed E-state index contributed by atoms with van der Waals surface area (Å²) >= 11 is 0. The maximum absolute atomic E-state index is 4.06. The minimum absolute atomic E-state index is 0. The van der Waals surface area contributed by atoms with Crippen LogP contribution in [0.4, 0.5) is 0 Å². The molecular formula is C7H8CaN2. The Bertz CT molecular complexity index is 293. The first-order valence-corrected chi connectivity index (χ1v) is 2.85. The fraction of sp³-hybridized carbons (Fsp3) is 0. The first-order valence-electron chi connectivity index (χ1n) is 2.85. The smallest absolute Gasteiger partial charge is 1.00 e. The Kier molecular flexibility index (Phi) is 2.72. The number of imidazole rings is 1. The molecule has 0 aliphatic rings. The van der Waals surface area contributed by atoms with E-state index >= 15 is 0 Å². The van der Waals surface area contributed by atoms with Crippen molar-refractivity contribution < 1.29 is 2.85 Å². The molecule has 0 spiro atoms. The van der Waals surface area contributed by atoms with E-state index in [1.807, 2.05) is 24.3 Å². The van der Waals surface area contributed by atoms with Crippen LogP contribution in [0, 0.1) is 0 Å². The molecule has 0 radical (unpaired) electrons. The van der Waals surface area contributed by atoms with E-state index in [4.69, 9.17) is 0 Å². The second kappa shape index (κ2) is 3.37. The largest absolute Gasteiger partial charge is 2.00 e. The van der Waals surface area contributed by atoms with Gasteiger partial charge in [-0.1, -0.05) is 12.1 Å². The van der Waals surface area contributed by atoms with Gasteiger partial charge in [-0.3, -0.25) is 0 Å². The van der Waals surface area contributed by atoms with Crippen molar-refractivity contribution in [3.8, 4) is 0 Å². The summed E-state index contributed by atoms with van der Waals surface area (Å²) in [7, 11) is 0. The van der Waals surface area contributed by atoms with Crippen LogP contribution in [0.1, 0.15) is 2.85 Å². The second-order valence-corrected chi connectivity index (χ2v) is 1.92. The third-order valence-electron chi connectivity index (χ3n) is 1.33. The Balaban J connectivity index is 0. The van der Waals surface area contributed by atoms with Gasteiger partial charge in [-0.25, -0.2) is 4.98 Å². The number of H-pyrrole nitrogens is 1. The molecule has 0 fully saturated rings. The zero-order valence-electron chi connectivity index (χ0n) is 7.54. The molecule has 0 aliphatic carbocycles. The fourth-order valence-electron chi connectivity index (χ4n) is 0.880. The number of rotatable bonds is 0. The molecule has 1 aromatic heterocycles. The standard InChI is InChI=1S/C7H6N2.Ca.2H/c1-2-4-7-6(3-1)8-5-9-7;;;/h1-5H,(H,8,9);;;/q;+2;2*-1. The van der Waals surface area contributed by atoms with Crippen LogP contribution in [0.15, 0.2) is 30.6 Å². The van der Waals surface area contributed by atoms with Gasteiger partial charge in [0.2, 0.25) is 0 Å². The number of nitrogens with one attached hydrogen (secondary N) is 1. The van der Waals surface area contributed by atoms with Gasteiger partial charge in [0.25, 0.3) is 0 Å². The zero-order valence-corrected chi connectivity index (χ0v) is 7.75. The van der Waals surface area contributed by atoms with Gasteiger partial charge < -0.3 is 7.84 Å². The van der Waals surface area contributed by atoms with Crippen LogP contribution in [0.25, 0.3) is 11.0 Å². The SMILES string of the molecule is [Ca+2].[H-].[H-].c1ccc2[nH]cnc2c1. The monoisotopic (exact) mass is 160 g/mol. The molecule has 0 atom stereocenters. The van der Waals surface area contributed by atoms with Crippen molar-refractivity contribution in [3.05, 3.63) is 30.6 Å². The summed E-state index contributed by atoms with van der Waals surface area (Å²) in [5.74, 6) is 0. The number of aromatic amines is 1. The van der Waals surface area contributed by atoms with Gasteiger partial charge in [0.15, 0.2) is 0 Å². The molecule has 0 aliphatic heterocycles. The van der Waals surface area contributed by atoms with Crippen LogP contribution in [-0.2, 0) is 0 Å². The summed E-state index contributed by atoms with van der Waals surface area (Å²) in [5, 5.41) is 0. The van der Waals surface area contributed by atoms with Crippen molar-refractivity contribution >= 4 is 48.8 Å². The fourth-order valence-corrected chi connectivity index (χ4v) is 0.880. The molecule has 0 amide bonds. The van der Waals surface area contributed by atoms with Crippen molar-refractivity contribution in [1.82, 2.24) is 9.97 Å². The van der Waals surface area contributed by atoms with E-state index in [0.29, 0.717) is 0 Å². The predicted octanol–water partition coefficient (Wildman–Crippen LogP) is 1.41. The molecule has 48 valence electrons. The van der Waals surface area contributed by atoms with Crippen LogP contribution in [0.2, 0.25) is 0 Å². The minimum Gasteiger partial charge on any atom is -1.00 e. The van der Waals surface area contributed by atoms with Gasteiger partial charge in [0, 0.05) is 0 Å². The minimum atomic E-state index is 0. The molecular weight excluding hydrogens is 152 g/mol. The van der Waals surface area contributed by atoms with Crippen molar-refractivity contribution in [2.75, 3.05) is 0 Å². The molecule has 0 bridgehead atoms. The van der Waals surface area contributed by atoms with Gasteiger partial charge in [-0.2, -0.15) is 0 Å². The number of aromatic nitrogens is 2. The summed E-state index contributed by atoms with van der Waals surface area (Å²) < 4.78 is 0. The van der Waals surface area contributed by atoms with Crippen LogP contribution >= 0.6 is 0 Å². The topological polar surface area (TPSA) is 28.7 Å². The van der Waals surface area contributed by atoms with E-state index in [9.17, 15) is 0 Å². The number of nitrogens with zero attached hydrogens (tertiary/aromatic N) is 1. The molecule has 3 heteroatoms. The summed E-state index contributed by atoms with van der Waals surface area (Å²) in [6, 6.07) is 7.94. The van der Waals surface area contributed by atoms with Gasteiger partial charge in [-0.15, -0.1) is 0 Å². The number of hydrogen-bond acceptors (Lipinski definition) is 1. The molecule has 1 N–H and O–H groups in total. The van der Waals surface area contributed by atoms with E-state index < -0.39 is 0 Å². The first kappa shape index (κ1) is 8.05. The van der Waals surface area contributed by atoms with Gasteiger partial charge in [-0.05, 0) is 12.1 Å². The number of hydrogen-bond donors (Lipinski definition) is 1. The van der Waals surface area contributed by atoms with E-state index in [1.54, 1.807) is 6.33 Å². The molecule has 0 saturated carbocycles. The van der Waals surface area contributed by atoms with Gasteiger partial charge in [0.1, 0.15) is 0 Å². The van der Waals surface area contributed by atoms with Crippen LogP contribution in [0.5, 0.6) is 0 Å². The number of fused-ring (bicyclic) bond motifs is 1. The Hall–Kier alpha value is -0.0503. The Morgan fingerprint density at radius 3 is 2.90 bits per heavy atom.